The molecule has 1 aromatic carbocycles. The van der Waals surface area contributed by atoms with Crippen molar-refractivity contribution in [1.29, 1.82) is 0 Å². The Kier molecular flexibility index (Phi) is 4.06. The van der Waals surface area contributed by atoms with E-state index in [2.05, 4.69) is 15.0 Å². The van der Waals surface area contributed by atoms with Crippen molar-refractivity contribution in [3.8, 4) is 11.4 Å². The molecule has 0 spiro atoms. The lowest BCUT2D eigenvalue weighted by atomic mass is 10.1. The van der Waals surface area contributed by atoms with Gasteiger partial charge in [0.2, 0.25) is 0 Å². The molecule has 4 N–H and O–H groups in total. The Morgan fingerprint density at radius 2 is 1.89 bits per heavy atom. The molecular weight excluding hydrogens is 376 g/mol. The number of rotatable bonds is 4. The molecule has 0 saturated carbocycles. The Morgan fingerprint density at radius 1 is 1.19 bits per heavy atom. The number of aromatic amines is 2. The van der Waals surface area contributed by atoms with Gasteiger partial charge < -0.3 is 20.2 Å². The van der Waals surface area contributed by atoms with E-state index in [0.717, 1.165) is 4.90 Å². The molecule has 0 radical (unpaired) electrons. The van der Waals surface area contributed by atoms with Gasteiger partial charge in [0.25, 0.3) is 17.4 Å². The summed E-state index contributed by atoms with van der Waals surface area (Å²) in [5, 5.41) is 18.7. The van der Waals surface area contributed by atoms with Gasteiger partial charge in [0.05, 0.1) is 46.4 Å². The number of amides is 2. The molecule has 4 rings (SSSR count). The quantitative estimate of drug-likeness (QED) is 0.480. The molecule has 9 nitrogen and oxygen atoms in total. The summed E-state index contributed by atoms with van der Waals surface area (Å²) in [5.74, 6) is -0.936. The van der Waals surface area contributed by atoms with Gasteiger partial charge in [0, 0.05) is 6.20 Å². The zero-order valence-corrected chi connectivity index (χ0v) is 14.4. The summed E-state index contributed by atoms with van der Waals surface area (Å²) in [6, 6.07) is 4.43. The van der Waals surface area contributed by atoms with Gasteiger partial charge in [0.15, 0.2) is 0 Å². The predicted molar refractivity (Wildman–Crippen MR) is 95.6 cm³/mol. The minimum absolute atomic E-state index is 0.142. The van der Waals surface area contributed by atoms with Crippen molar-refractivity contribution < 1.29 is 19.8 Å². The second-order valence-electron chi connectivity index (χ2n) is 6.09. The Balaban J connectivity index is 1.80. The lowest BCUT2D eigenvalue weighted by Gasteiger charge is -2.16. The zero-order chi connectivity index (χ0) is 19.3. The number of halogens is 1. The van der Waals surface area contributed by atoms with Crippen LogP contribution < -0.4 is 5.56 Å². The van der Waals surface area contributed by atoms with Gasteiger partial charge in [-0.1, -0.05) is 11.6 Å². The maximum absolute atomic E-state index is 12.5. The number of H-pyrrole nitrogens is 2. The van der Waals surface area contributed by atoms with Crippen molar-refractivity contribution in [3.63, 3.8) is 0 Å². The van der Waals surface area contributed by atoms with Gasteiger partial charge in [0.1, 0.15) is 11.4 Å². The predicted octanol–water partition coefficient (Wildman–Crippen LogP) is 0.521. The number of fused-ring (bicyclic) bond motifs is 2. The summed E-state index contributed by atoms with van der Waals surface area (Å²) in [6.45, 7) is -0.865. The lowest BCUT2D eigenvalue weighted by molar-refractivity contribution is 0.0426. The van der Waals surface area contributed by atoms with E-state index in [-0.39, 0.29) is 34.1 Å². The molecule has 1 aliphatic heterocycles. The lowest BCUT2D eigenvalue weighted by Crippen LogP contribution is -2.38. The number of benzene rings is 1. The van der Waals surface area contributed by atoms with E-state index in [1.165, 1.54) is 24.4 Å². The largest absolute Gasteiger partial charge is 0.394 e. The van der Waals surface area contributed by atoms with E-state index in [1.807, 2.05) is 0 Å². The van der Waals surface area contributed by atoms with Crippen LogP contribution in [0, 0.1) is 0 Å². The molecule has 2 amide bonds. The highest BCUT2D eigenvalue weighted by Gasteiger charge is 2.37. The van der Waals surface area contributed by atoms with Crippen LogP contribution in [0.2, 0.25) is 5.02 Å². The number of nitrogens with one attached hydrogen (secondary N) is 2. The average molecular weight is 389 g/mol. The summed E-state index contributed by atoms with van der Waals surface area (Å²) in [5.41, 5.74) is 0.860. The number of pyridine rings is 1. The number of carbonyl (C=O) groups is 2. The van der Waals surface area contributed by atoms with E-state index >= 15 is 0 Å². The number of aliphatic hydroxyl groups excluding tert-OH is 2. The van der Waals surface area contributed by atoms with Gasteiger partial charge in [-0.3, -0.25) is 19.3 Å². The molecule has 0 fully saturated rings. The van der Waals surface area contributed by atoms with E-state index in [4.69, 9.17) is 16.7 Å². The van der Waals surface area contributed by atoms with Crippen molar-refractivity contribution in [2.24, 2.45) is 0 Å². The van der Waals surface area contributed by atoms with E-state index in [9.17, 15) is 19.5 Å². The highest BCUT2D eigenvalue weighted by molar-refractivity contribution is 6.33. The third-order valence-electron chi connectivity index (χ3n) is 4.32. The highest BCUT2D eigenvalue weighted by atomic mass is 35.5. The van der Waals surface area contributed by atoms with Crippen molar-refractivity contribution in [2.75, 3.05) is 13.2 Å². The molecule has 1 atom stereocenters. The van der Waals surface area contributed by atoms with E-state index in [1.54, 1.807) is 0 Å². The molecule has 0 unspecified atom stereocenters. The maximum atomic E-state index is 12.5. The van der Waals surface area contributed by atoms with Crippen LogP contribution in [-0.2, 0) is 0 Å². The molecule has 3 heterocycles. The molecule has 0 aliphatic carbocycles. The van der Waals surface area contributed by atoms with Crippen LogP contribution in [-0.4, -0.2) is 61.1 Å². The van der Waals surface area contributed by atoms with Gasteiger partial charge in [-0.25, -0.2) is 4.98 Å². The summed E-state index contributed by atoms with van der Waals surface area (Å²) in [7, 11) is 0. The highest BCUT2D eigenvalue weighted by Crippen LogP contribution is 2.29. The summed E-state index contributed by atoms with van der Waals surface area (Å²) in [6.07, 6.45) is 0.201. The number of aromatic nitrogens is 3. The Labute approximate surface area is 156 Å². The summed E-state index contributed by atoms with van der Waals surface area (Å²) in [4.78, 5) is 47.7. The first-order valence-corrected chi connectivity index (χ1v) is 8.35. The number of aliphatic hydroxyl groups is 2. The molecule has 138 valence electrons. The van der Waals surface area contributed by atoms with Gasteiger partial charge in [-0.05, 0) is 18.2 Å². The number of carbonyl (C=O) groups excluding carboxylic acids is 2. The number of hydrogen-bond donors (Lipinski definition) is 4. The van der Waals surface area contributed by atoms with Gasteiger partial charge >= 0.3 is 0 Å². The van der Waals surface area contributed by atoms with Crippen molar-refractivity contribution >= 4 is 34.4 Å². The van der Waals surface area contributed by atoms with Crippen molar-refractivity contribution in [1.82, 2.24) is 19.9 Å². The van der Waals surface area contributed by atoms with Crippen LogP contribution in [0.15, 0.2) is 29.2 Å². The smallest absolute Gasteiger partial charge is 0.261 e. The van der Waals surface area contributed by atoms with Crippen LogP contribution in [0.5, 0.6) is 0 Å². The summed E-state index contributed by atoms with van der Waals surface area (Å²) < 4.78 is 0. The van der Waals surface area contributed by atoms with Crippen LogP contribution in [0.4, 0.5) is 0 Å². The van der Waals surface area contributed by atoms with Crippen LogP contribution in [0.25, 0.3) is 22.4 Å². The van der Waals surface area contributed by atoms with Crippen LogP contribution >= 0.6 is 11.6 Å². The second-order valence-corrected chi connectivity index (χ2v) is 6.49. The third-order valence-corrected chi connectivity index (χ3v) is 4.64. The minimum atomic E-state index is -1.21. The number of imidazole rings is 1. The molecule has 3 aromatic rings. The minimum Gasteiger partial charge on any atom is -0.394 e. The summed E-state index contributed by atoms with van der Waals surface area (Å²) >= 11 is 6.08. The SMILES string of the molecule is O=C1c2cc3nc(-c4c(Cl)cc[nH]c4=O)[nH]c3cc2C(=O)N1C[C@@H](O)CO. The van der Waals surface area contributed by atoms with Crippen molar-refractivity contribution in [2.45, 2.75) is 6.10 Å². The van der Waals surface area contributed by atoms with Crippen LogP contribution in [0.3, 0.4) is 0 Å². The fourth-order valence-corrected chi connectivity index (χ4v) is 3.26. The molecule has 10 heteroatoms. The topological polar surface area (TPSA) is 139 Å². The Morgan fingerprint density at radius 3 is 2.56 bits per heavy atom. The molecular formula is C17H13ClN4O5. The monoisotopic (exact) mass is 388 g/mol. The van der Waals surface area contributed by atoms with Crippen LogP contribution in [0.1, 0.15) is 20.7 Å². The first-order chi connectivity index (χ1) is 12.9. The molecule has 0 bridgehead atoms. The standard InChI is InChI=1S/C17H13ClN4O5/c18-10-1-2-19-15(25)13(10)14-20-11-3-8-9(4-12(11)21-14)17(27)22(16(8)26)5-7(24)6-23/h1-4,7,23-24H,5-6H2,(H,19,25)(H,20,21)/t7-/m1/s1. The number of imide groups is 1. The zero-order valence-electron chi connectivity index (χ0n) is 13.7. The normalized spacial score (nSPS) is 14.9. The first kappa shape index (κ1) is 17.4. The molecule has 1 aliphatic rings. The first-order valence-electron chi connectivity index (χ1n) is 7.97. The second kappa shape index (κ2) is 6.31. The molecule has 27 heavy (non-hydrogen) atoms. The van der Waals surface area contributed by atoms with E-state index < -0.39 is 30.1 Å². The van der Waals surface area contributed by atoms with Gasteiger partial charge in [-0.15, -0.1) is 0 Å². The number of β-amino-alcohol motifs (C(OH)–C–C–N with tert-alkyl or cyclic N) is 1. The fourth-order valence-electron chi connectivity index (χ4n) is 3.02. The fraction of sp³-hybridized carbons (Fsp3) is 0.176. The van der Waals surface area contributed by atoms with Crippen molar-refractivity contribution in [3.05, 3.63) is 50.9 Å². The Bertz CT molecular complexity index is 1100. The molecule has 0 saturated heterocycles. The van der Waals surface area contributed by atoms with E-state index in [0.29, 0.717) is 11.0 Å². The number of nitrogens with zero attached hydrogens (tertiary/aromatic N) is 2. The average Bonchev–Trinajstić information content (AvgIpc) is 3.14. The maximum Gasteiger partial charge on any atom is 0.261 e. The number of hydrogen-bond acceptors (Lipinski definition) is 6. The molecule has 2 aromatic heterocycles. The Hall–Kier alpha value is -3.01. The van der Waals surface area contributed by atoms with Gasteiger partial charge in [-0.2, -0.15) is 0 Å². The third kappa shape index (κ3) is 2.72.